The van der Waals surface area contributed by atoms with Crippen LogP contribution >= 0.6 is 22.9 Å². The molecule has 0 radical (unpaired) electrons. The molecule has 28 heavy (non-hydrogen) atoms. The van der Waals surface area contributed by atoms with E-state index < -0.39 is 0 Å². The predicted molar refractivity (Wildman–Crippen MR) is 113 cm³/mol. The third-order valence-corrected chi connectivity index (χ3v) is 5.83. The molecule has 2 aromatic rings. The van der Waals surface area contributed by atoms with Crippen molar-refractivity contribution in [1.29, 1.82) is 0 Å². The summed E-state index contributed by atoms with van der Waals surface area (Å²) in [4.78, 5) is 30.9. The highest BCUT2D eigenvalue weighted by Gasteiger charge is 2.23. The first-order valence-electron chi connectivity index (χ1n) is 9.56. The van der Waals surface area contributed by atoms with E-state index in [-0.39, 0.29) is 17.9 Å². The van der Waals surface area contributed by atoms with Crippen molar-refractivity contribution in [2.45, 2.75) is 32.2 Å². The molecule has 0 aliphatic carbocycles. The minimum absolute atomic E-state index is 0.0709. The van der Waals surface area contributed by atoms with Gasteiger partial charge in [0, 0.05) is 41.6 Å². The quantitative estimate of drug-likeness (QED) is 0.721. The monoisotopic (exact) mass is 420 g/mol. The van der Waals surface area contributed by atoms with Crippen molar-refractivity contribution in [3.63, 3.8) is 0 Å². The molecular weight excluding hydrogens is 396 g/mol. The topological polar surface area (TPSA) is 74.3 Å². The van der Waals surface area contributed by atoms with Gasteiger partial charge in [0.05, 0.1) is 6.54 Å². The number of nitrogens with one attached hydrogen (secondary N) is 2. The second-order valence-corrected chi connectivity index (χ2v) is 8.21. The largest absolute Gasteiger partial charge is 0.355 e. The molecule has 8 heteroatoms. The number of nitrogens with zero attached hydrogens (tertiary/aromatic N) is 2. The van der Waals surface area contributed by atoms with E-state index in [2.05, 4.69) is 20.5 Å². The summed E-state index contributed by atoms with van der Waals surface area (Å²) < 4.78 is 0. The summed E-state index contributed by atoms with van der Waals surface area (Å²) in [5.74, 6) is -0.0721. The van der Waals surface area contributed by atoms with Crippen molar-refractivity contribution in [3.05, 3.63) is 40.4 Å². The molecule has 0 spiro atoms. The molecule has 1 fully saturated rings. The fourth-order valence-electron chi connectivity index (χ4n) is 3.12. The normalized spacial score (nSPS) is 15.4. The van der Waals surface area contributed by atoms with E-state index in [1.165, 1.54) is 11.3 Å². The molecule has 0 saturated carbocycles. The maximum Gasteiger partial charge on any atom is 0.270 e. The molecule has 0 atom stereocenters. The summed E-state index contributed by atoms with van der Waals surface area (Å²) in [7, 11) is 0. The molecule has 3 rings (SSSR count). The zero-order chi connectivity index (χ0) is 19.9. The van der Waals surface area contributed by atoms with E-state index in [0.29, 0.717) is 17.3 Å². The van der Waals surface area contributed by atoms with Crippen LogP contribution in [0.15, 0.2) is 29.6 Å². The molecule has 1 aromatic heterocycles. The molecule has 0 bridgehead atoms. The Labute approximate surface area is 174 Å². The summed E-state index contributed by atoms with van der Waals surface area (Å²) in [5, 5.41) is 9.23. The highest BCUT2D eigenvalue weighted by molar-refractivity contribution is 7.13. The number of aromatic nitrogens is 1. The minimum atomic E-state index is -0.143. The van der Waals surface area contributed by atoms with Crippen LogP contribution in [-0.2, 0) is 4.79 Å². The number of rotatable bonds is 7. The van der Waals surface area contributed by atoms with Gasteiger partial charge in [-0.2, -0.15) is 0 Å². The van der Waals surface area contributed by atoms with Crippen LogP contribution in [0.5, 0.6) is 0 Å². The average Bonchev–Trinajstić information content (AvgIpc) is 3.19. The Morgan fingerprint density at radius 1 is 1.25 bits per heavy atom. The fourth-order valence-corrected chi connectivity index (χ4v) is 4.05. The van der Waals surface area contributed by atoms with Gasteiger partial charge in [0.15, 0.2) is 0 Å². The predicted octanol–water partition coefficient (Wildman–Crippen LogP) is 3.18. The number of benzene rings is 1. The number of carbonyl (C=O) groups is 2. The van der Waals surface area contributed by atoms with E-state index in [4.69, 9.17) is 11.6 Å². The molecule has 150 valence electrons. The van der Waals surface area contributed by atoms with Crippen LogP contribution in [0.2, 0.25) is 5.02 Å². The van der Waals surface area contributed by atoms with Gasteiger partial charge in [0.25, 0.3) is 5.91 Å². The summed E-state index contributed by atoms with van der Waals surface area (Å²) in [6, 6.07) is 7.54. The van der Waals surface area contributed by atoms with Crippen LogP contribution in [-0.4, -0.2) is 53.9 Å². The highest BCUT2D eigenvalue weighted by Crippen LogP contribution is 2.25. The Bertz CT molecular complexity index is 801. The van der Waals surface area contributed by atoms with Gasteiger partial charge in [-0.3, -0.25) is 14.5 Å². The van der Waals surface area contributed by atoms with Gasteiger partial charge >= 0.3 is 0 Å². The van der Waals surface area contributed by atoms with Crippen molar-refractivity contribution >= 4 is 34.8 Å². The van der Waals surface area contributed by atoms with E-state index in [1.54, 1.807) is 5.38 Å². The molecule has 1 aliphatic rings. The van der Waals surface area contributed by atoms with Crippen LogP contribution in [0.4, 0.5) is 0 Å². The standard InChI is InChI=1S/C20H25ClN4O2S/c1-2-9-22-18(26)12-25-10-7-16(8-11-25)23-19(27)17-13-28-20(24-17)14-3-5-15(21)6-4-14/h3-6,13,16H,2,7-12H2,1H3,(H,22,26)(H,23,27). The van der Waals surface area contributed by atoms with Gasteiger partial charge in [-0.15, -0.1) is 11.3 Å². The van der Waals surface area contributed by atoms with Crippen LogP contribution in [0, 0.1) is 0 Å². The number of piperidine rings is 1. The molecule has 1 aliphatic heterocycles. The summed E-state index contributed by atoms with van der Waals surface area (Å²) >= 11 is 7.36. The minimum Gasteiger partial charge on any atom is -0.355 e. The number of halogens is 1. The Hall–Kier alpha value is -1.96. The van der Waals surface area contributed by atoms with Crippen LogP contribution in [0.25, 0.3) is 10.6 Å². The number of hydrogen-bond donors (Lipinski definition) is 2. The molecule has 2 heterocycles. The van der Waals surface area contributed by atoms with E-state index in [0.717, 1.165) is 49.5 Å². The zero-order valence-corrected chi connectivity index (χ0v) is 17.5. The van der Waals surface area contributed by atoms with Gasteiger partial charge in [-0.05, 0) is 31.4 Å². The summed E-state index contributed by atoms with van der Waals surface area (Å²) in [6.45, 7) is 4.79. The number of likely N-dealkylation sites (tertiary alicyclic amines) is 1. The lowest BCUT2D eigenvalue weighted by Gasteiger charge is -2.31. The molecular formula is C20H25ClN4O2S. The average molecular weight is 421 g/mol. The molecule has 1 saturated heterocycles. The fraction of sp³-hybridized carbons (Fsp3) is 0.450. The molecule has 6 nitrogen and oxygen atoms in total. The van der Waals surface area contributed by atoms with Crippen molar-refractivity contribution in [3.8, 4) is 10.6 Å². The van der Waals surface area contributed by atoms with Crippen molar-refractivity contribution in [2.24, 2.45) is 0 Å². The van der Waals surface area contributed by atoms with E-state index in [1.807, 2.05) is 31.2 Å². The van der Waals surface area contributed by atoms with E-state index in [9.17, 15) is 9.59 Å². The number of thiazole rings is 1. The lowest BCUT2D eigenvalue weighted by molar-refractivity contribution is -0.122. The van der Waals surface area contributed by atoms with Gasteiger partial charge in [0.2, 0.25) is 5.91 Å². The lowest BCUT2D eigenvalue weighted by Crippen LogP contribution is -2.47. The van der Waals surface area contributed by atoms with Gasteiger partial charge in [-0.25, -0.2) is 4.98 Å². The SMILES string of the molecule is CCCNC(=O)CN1CCC(NC(=O)c2csc(-c3ccc(Cl)cc3)n2)CC1. The Balaban J connectivity index is 1.47. The van der Waals surface area contributed by atoms with Crippen molar-refractivity contribution in [1.82, 2.24) is 20.5 Å². The number of hydrogen-bond acceptors (Lipinski definition) is 5. The molecule has 2 amide bonds. The maximum absolute atomic E-state index is 12.5. The highest BCUT2D eigenvalue weighted by atomic mass is 35.5. The second kappa shape index (κ2) is 10.0. The second-order valence-electron chi connectivity index (χ2n) is 6.92. The molecule has 2 N–H and O–H groups in total. The lowest BCUT2D eigenvalue weighted by atomic mass is 10.0. The Kier molecular flexibility index (Phi) is 7.42. The summed E-state index contributed by atoms with van der Waals surface area (Å²) in [5.41, 5.74) is 1.39. The first-order chi connectivity index (χ1) is 13.5. The first kappa shape index (κ1) is 20.8. The van der Waals surface area contributed by atoms with Gasteiger partial charge < -0.3 is 10.6 Å². The smallest absolute Gasteiger partial charge is 0.270 e. The third-order valence-electron chi connectivity index (χ3n) is 4.69. The van der Waals surface area contributed by atoms with Crippen molar-refractivity contribution < 1.29 is 9.59 Å². The Morgan fingerprint density at radius 3 is 2.64 bits per heavy atom. The van der Waals surface area contributed by atoms with Crippen LogP contribution in [0.1, 0.15) is 36.7 Å². The zero-order valence-electron chi connectivity index (χ0n) is 15.9. The van der Waals surface area contributed by atoms with Crippen LogP contribution in [0.3, 0.4) is 0 Å². The van der Waals surface area contributed by atoms with Gasteiger partial charge in [-0.1, -0.05) is 30.7 Å². The number of carbonyl (C=O) groups excluding carboxylic acids is 2. The maximum atomic E-state index is 12.5. The van der Waals surface area contributed by atoms with Crippen LogP contribution < -0.4 is 10.6 Å². The first-order valence-corrected chi connectivity index (χ1v) is 10.8. The Morgan fingerprint density at radius 2 is 1.96 bits per heavy atom. The van der Waals surface area contributed by atoms with Gasteiger partial charge in [0.1, 0.15) is 10.7 Å². The third kappa shape index (κ3) is 5.77. The molecule has 1 aromatic carbocycles. The number of amides is 2. The molecule has 0 unspecified atom stereocenters. The summed E-state index contributed by atoms with van der Waals surface area (Å²) in [6.07, 6.45) is 2.61. The van der Waals surface area contributed by atoms with E-state index >= 15 is 0 Å². The van der Waals surface area contributed by atoms with Crippen molar-refractivity contribution in [2.75, 3.05) is 26.2 Å².